The maximum Gasteiger partial charge on any atom is 0.270 e. The normalized spacial score (nSPS) is 13.2. The lowest BCUT2D eigenvalue weighted by atomic mass is 10.2. The highest BCUT2D eigenvalue weighted by Gasteiger charge is 2.16. The fourth-order valence-corrected chi connectivity index (χ4v) is 3.24. The summed E-state index contributed by atoms with van der Waals surface area (Å²) < 4.78 is 11.1. The molecule has 1 atom stereocenters. The van der Waals surface area contributed by atoms with Crippen molar-refractivity contribution in [2.24, 2.45) is 0 Å². The molecule has 2 heterocycles. The molecule has 0 bridgehead atoms. The van der Waals surface area contributed by atoms with Crippen molar-refractivity contribution in [3.05, 3.63) is 29.3 Å². The number of likely N-dealkylation sites (N-methyl/N-ethyl adjacent to an activating group) is 1. The van der Waals surface area contributed by atoms with Crippen molar-refractivity contribution < 1.29 is 14.3 Å². The third-order valence-electron chi connectivity index (χ3n) is 3.65. The van der Waals surface area contributed by atoms with Gasteiger partial charge in [-0.2, -0.15) is 0 Å². The molecule has 0 radical (unpaired) electrons. The summed E-state index contributed by atoms with van der Waals surface area (Å²) >= 11 is 1.44. The number of nitrogens with zero attached hydrogens (tertiary/aromatic N) is 1. The molecule has 1 aliphatic heterocycles. The largest absolute Gasteiger partial charge is 0.486 e. The molecule has 9 heteroatoms. The smallest absolute Gasteiger partial charge is 0.270 e. The summed E-state index contributed by atoms with van der Waals surface area (Å²) in [6.45, 7) is 6.64. The van der Waals surface area contributed by atoms with Crippen molar-refractivity contribution in [2.45, 2.75) is 19.9 Å². The van der Waals surface area contributed by atoms with Gasteiger partial charge in [-0.1, -0.05) is 6.92 Å². The summed E-state index contributed by atoms with van der Waals surface area (Å²) in [6.07, 6.45) is 0. The number of thiazole rings is 1. The van der Waals surface area contributed by atoms with E-state index in [1.807, 2.05) is 32.0 Å². The van der Waals surface area contributed by atoms with E-state index in [9.17, 15) is 4.79 Å². The molecular formula is C17H23Cl2N3O3S. The minimum atomic E-state index is -0.153. The second-order valence-corrected chi connectivity index (χ2v) is 6.42. The van der Waals surface area contributed by atoms with E-state index in [0.29, 0.717) is 25.5 Å². The zero-order valence-electron chi connectivity index (χ0n) is 14.6. The first-order chi connectivity index (χ1) is 11.7. The van der Waals surface area contributed by atoms with Gasteiger partial charge in [0.25, 0.3) is 5.91 Å². The van der Waals surface area contributed by atoms with Crippen LogP contribution in [0.1, 0.15) is 24.3 Å². The minimum Gasteiger partial charge on any atom is -0.486 e. The highest BCUT2D eigenvalue weighted by atomic mass is 35.5. The molecule has 2 aromatic rings. The van der Waals surface area contributed by atoms with Gasteiger partial charge in [0.05, 0.1) is 0 Å². The molecule has 0 saturated carbocycles. The standard InChI is InChI=1S/C17H21N3O3S.2ClH/c1-3-18-11(2)9-19-16(21)13-10-24-17(20-13)12-4-5-14-15(8-12)23-7-6-22-14;;/h4-5,8,10-11,18H,3,6-7,9H2,1-2H3,(H,19,21);2*1H/t11-;;/m1../s1. The molecule has 0 spiro atoms. The number of benzene rings is 1. The van der Waals surface area contributed by atoms with E-state index in [-0.39, 0.29) is 36.8 Å². The second-order valence-electron chi connectivity index (χ2n) is 5.57. The van der Waals surface area contributed by atoms with Crippen LogP contribution in [0.25, 0.3) is 10.6 Å². The molecule has 0 unspecified atom stereocenters. The first kappa shape index (κ1) is 22.5. The van der Waals surface area contributed by atoms with Crippen LogP contribution in [0.2, 0.25) is 0 Å². The summed E-state index contributed by atoms with van der Waals surface area (Å²) in [7, 11) is 0. The maximum absolute atomic E-state index is 12.2. The fraction of sp³-hybridized carbons (Fsp3) is 0.412. The van der Waals surface area contributed by atoms with Crippen LogP contribution in [0, 0.1) is 0 Å². The molecule has 0 aliphatic carbocycles. The zero-order chi connectivity index (χ0) is 16.9. The lowest BCUT2D eigenvalue weighted by Crippen LogP contribution is -2.38. The summed E-state index contributed by atoms with van der Waals surface area (Å²) in [6, 6.07) is 5.95. The van der Waals surface area contributed by atoms with E-state index >= 15 is 0 Å². The fourth-order valence-electron chi connectivity index (χ4n) is 2.44. The number of rotatable bonds is 6. The Morgan fingerprint density at radius 3 is 2.73 bits per heavy atom. The van der Waals surface area contributed by atoms with Crippen molar-refractivity contribution in [1.29, 1.82) is 0 Å². The number of carbonyl (C=O) groups excluding carboxylic acids is 1. The van der Waals surface area contributed by atoms with Crippen LogP contribution < -0.4 is 20.1 Å². The Hall–Kier alpha value is -1.54. The van der Waals surface area contributed by atoms with E-state index in [1.165, 1.54) is 11.3 Å². The van der Waals surface area contributed by atoms with Gasteiger partial charge in [0.15, 0.2) is 11.5 Å². The average molecular weight is 420 g/mol. The van der Waals surface area contributed by atoms with E-state index in [1.54, 1.807) is 5.38 Å². The molecule has 2 N–H and O–H groups in total. The zero-order valence-corrected chi connectivity index (χ0v) is 17.1. The van der Waals surface area contributed by atoms with Crippen molar-refractivity contribution in [1.82, 2.24) is 15.6 Å². The summed E-state index contributed by atoms with van der Waals surface area (Å²) in [5.74, 6) is 1.32. The molecule has 1 aliphatic rings. The first-order valence-corrected chi connectivity index (χ1v) is 8.92. The molecule has 26 heavy (non-hydrogen) atoms. The van der Waals surface area contributed by atoms with E-state index in [0.717, 1.165) is 28.6 Å². The highest BCUT2D eigenvalue weighted by molar-refractivity contribution is 7.13. The number of fused-ring (bicyclic) bond motifs is 1. The van der Waals surface area contributed by atoms with Gasteiger partial charge in [-0.05, 0) is 31.7 Å². The lowest BCUT2D eigenvalue weighted by Gasteiger charge is -2.18. The predicted octanol–water partition coefficient (Wildman–Crippen LogP) is 3.15. The molecular weight excluding hydrogens is 397 g/mol. The van der Waals surface area contributed by atoms with Crippen molar-refractivity contribution >= 4 is 42.1 Å². The molecule has 0 saturated heterocycles. The third-order valence-corrected chi connectivity index (χ3v) is 4.54. The van der Waals surface area contributed by atoms with E-state index in [2.05, 4.69) is 15.6 Å². The van der Waals surface area contributed by atoms with Crippen molar-refractivity contribution in [3.8, 4) is 22.1 Å². The SMILES string of the molecule is CCN[C@H](C)CNC(=O)c1csc(-c2ccc3c(c2)OCCO3)n1.Cl.Cl. The lowest BCUT2D eigenvalue weighted by molar-refractivity contribution is 0.0946. The predicted molar refractivity (Wildman–Crippen MR) is 109 cm³/mol. The monoisotopic (exact) mass is 419 g/mol. The van der Waals surface area contributed by atoms with Gasteiger partial charge >= 0.3 is 0 Å². The van der Waals surface area contributed by atoms with Gasteiger partial charge in [-0.3, -0.25) is 4.79 Å². The Bertz CT molecular complexity index is 727. The molecule has 1 amide bonds. The van der Waals surface area contributed by atoms with Crippen LogP contribution >= 0.6 is 36.2 Å². The number of aromatic nitrogens is 1. The Morgan fingerprint density at radius 1 is 1.27 bits per heavy atom. The molecule has 1 aromatic carbocycles. The van der Waals surface area contributed by atoms with Gasteiger partial charge in [-0.15, -0.1) is 36.2 Å². The number of hydrogen-bond acceptors (Lipinski definition) is 6. The van der Waals surface area contributed by atoms with Crippen LogP contribution in [0.5, 0.6) is 11.5 Å². The average Bonchev–Trinajstić information content (AvgIpc) is 3.10. The summed E-state index contributed by atoms with van der Waals surface area (Å²) in [5.41, 5.74) is 1.36. The number of carbonyl (C=O) groups is 1. The molecule has 0 fully saturated rings. The Morgan fingerprint density at radius 2 is 2.00 bits per heavy atom. The van der Waals surface area contributed by atoms with Crippen LogP contribution in [0.4, 0.5) is 0 Å². The molecule has 3 rings (SSSR count). The van der Waals surface area contributed by atoms with Gasteiger partial charge in [0.2, 0.25) is 0 Å². The van der Waals surface area contributed by atoms with E-state index < -0.39 is 0 Å². The number of hydrogen-bond donors (Lipinski definition) is 2. The summed E-state index contributed by atoms with van der Waals surface area (Å²) in [5, 5.41) is 8.72. The number of nitrogens with one attached hydrogen (secondary N) is 2. The third kappa shape index (κ3) is 5.48. The van der Waals surface area contributed by atoms with Crippen LogP contribution in [-0.4, -0.2) is 43.2 Å². The number of amides is 1. The summed E-state index contributed by atoms with van der Waals surface area (Å²) in [4.78, 5) is 16.6. The maximum atomic E-state index is 12.2. The van der Waals surface area contributed by atoms with Crippen LogP contribution in [0.15, 0.2) is 23.6 Å². The van der Waals surface area contributed by atoms with E-state index in [4.69, 9.17) is 9.47 Å². The van der Waals surface area contributed by atoms with Crippen molar-refractivity contribution in [2.75, 3.05) is 26.3 Å². The molecule has 144 valence electrons. The number of halogens is 2. The second kappa shape index (κ2) is 10.6. The quantitative estimate of drug-likeness (QED) is 0.751. The molecule has 1 aromatic heterocycles. The highest BCUT2D eigenvalue weighted by Crippen LogP contribution is 2.35. The topological polar surface area (TPSA) is 72.5 Å². The van der Waals surface area contributed by atoms with Crippen LogP contribution in [0.3, 0.4) is 0 Å². The molecule has 6 nitrogen and oxygen atoms in total. The Kier molecular flexibility index (Phi) is 9.15. The first-order valence-electron chi connectivity index (χ1n) is 8.04. The minimum absolute atomic E-state index is 0. The van der Waals surface area contributed by atoms with Gasteiger partial charge in [-0.25, -0.2) is 4.98 Å². The van der Waals surface area contributed by atoms with Crippen LogP contribution in [-0.2, 0) is 0 Å². The van der Waals surface area contributed by atoms with Gasteiger partial charge in [0, 0.05) is 23.5 Å². The Balaban J connectivity index is 0.00000169. The number of ether oxygens (including phenoxy) is 2. The van der Waals surface area contributed by atoms with Gasteiger partial charge in [0.1, 0.15) is 23.9 Å². The van der Waals surface area contributed by atoms with Crippen molar-refractivity contribution in [3.63, 3.8) is 0 Å². The van der Waals surface area contributed by atoms with Gasteiger partial charge < -0.3 is 20.1 Å². The Labute approximate surface area is 169 Å².